The Morgan fingerprint density at radius 1 is 0.943 bits per heavy atom. The van der Waals surface area contributed by atoms with Gasteiger partial charge >= 0.3 is 5.97 Å². The molecule has 0 aliphatic carbocycles. The summed E-state index contributed by atoms with van der Waals surface area (Å²) >= 11 is 0. The molecular weight excluding hydrogens is 442 g/mol. The highest BCUT2D eigenvalue weighted by Crippen LogP contribution is 2.39. The molecule has 4 N–H and O–H groups in total. The van der Waals surface area contributed by atoms with Gasteiger partial charge in [-0.05, 0) is 46.3 Å². The van der Waals surface area contributed by atoms with E-state index in [1.165, 1.54) is 25.7 Å². The SMILES string of the molecule is CC(C)(C)c1cc(CCC(=O)O)cc(C(C)(C)C)c1O.CCCCC(CC)CN(CCO)CCO. The van der Waals surface area contributed by atoms with Crippen molar-refractivity contribution in [3.63, 3.8) is 0 Å². The number of aliphatic carboxylic acids is 1. The van der Waals surface area contributed by atoms with E-state index in [2.05, 4.69) is 60.3 Å². The maximum atomic E-state index is 10.8. The molecule has 0 aromatic heterocycles. The number of phenols is 1. The van der Waals surface area contributed by atoms with Crippen LogP contribution in [0.4, 0.5) is 0 Å². The van der Waals surface area contributed by atoms with Crippen LogP contribution in [-0.2, 0) is 22.0 Å². The second-order valence-corrected chi connectivity index (χ2v) is 11.6. The Morgan fingerprint density at radius 3 is 1.77 bits per heavy atom. The number of rotatable bonds is 13. The number of carboxylic acids is 1. The van der Waals surface area contributed by atoms with Crippen molar-refractivity contribution in [1.82, 2.24) is 4.90 Å². The number of hydrogen-bond acceptors (Lipinski definition) is 5. The van der Waals surface area contributed by atoms with Gasteiger partial charge in [-0.25, -0.2) is 0 Å². The second-order valence-electron chi connectivity index (χ2n) is 11.6. The molecule has 0 fully saturated rings. The van der Waals surface area contributed by atoms with Crippen LogP contribution in [0.25, 0.3) is 0 Å². The van der Waals surface area contributed by atoms with Crippen LogP contribution in [0.1, 0.15) is 104 Å². The van der Waals surface area contributed by atoms with E-state index in [1.54, 1.807) is 0 Å². The Hall–Kier alpha value is -1.63. The highest BCUT2D eigenvalue weighted by Gasteiger charge is 2.26. The maximum Gasteiger partial charge on any atom is 0.303 e. The summed E-state index contributed by atoms with van der Waals surface area (Å²) in [6, 6.07) is 3.88. The Kier molecular flexibility index (Phi) is 15.4. The first-order chi connectivity index (χ1) is 16.2. The molecule has 0 aliphatic heterocycles. The molecule has 0 saturated carbocycles. The van der Waals surface area contributed by atoms with E-state index in [0.29, 0.717) is 31.2 Å². The van der Waals surface area contributed by atoms with Crippen molar-refractivity contribution in [2.45, 2.75) is 105 Å². The molecule has 204 valence electrons. The Morgan fingerprint density at radius 2 is 1.43 bits per heavy atom. The molecule has 6 nitrogen and oxygen atoms in total. The lowest BCUT2D eigenvalue weighted by atomic mass is 9.78. The molecule has 1 atom stereocenters. The molecular formula is C29H53NO5. The van der Waals surface area contributed by atoms with Crippen molar-refractivity contribution >= 4 is 5.97 Å². The zero-order chi connectivity index (χ0) is 27.2. The van der Waals surface area contributed by atoms with Gasteiger partial charge in [-0.15, -0.1) is 0 Å². The summed E-state index contributed by atoms with van der Waals surface area (Å²) in [5.74, 6) is 0.250. The highest BCUT2D eigenvalue weighted by molar-refractivity contribution is 5.67. The molecule has 0 heterocycles. The number of carboxylic acid groups (broad SMARTS) is 1. The van der Waals surface area contributed by atoms with Gasteiger partial charge in [0.15, 0.2) is 0 Å². The van der Waals surface area contributed by atoms with Crippen LogP contribution in [-0.4, -0.2) is 64.1 Å². The van der Waals surface area contributed by atoms with E-state index < -0.39 is 5.97 Å². The number of hydrogen-bond donors (Lipinski definition) is 4. The van der Waals surface area contributed by atoms with Gasteiger partial charge in [0.1, 0.15) is 5.75 Å². The summed E-state index contributed by atoms with van der Waals surface area (Å²) in [5, 5.41) is 37.2. The molecule has 0 saturated heterocycles. The summed E-state index contributed by atoms with van der Waals surface area (Å²) in [4.78, 5) is 12.9. The fraction of sp³-hybridized carbons (Fsp3) is 0.759. The predicted molar refractivity (Wildman–Crippen MR) is 145 cm³/mol. The molecule has 0 amide bonds. The molecule has 0 aliphatic rings. The quantitative estimate of drug-likeness (QED) is 0.288. The first kappa shape index (κ1) is 33.4. The minimum atomic E-state index is -0.798. The Labute approximate surface area is 214 Å². The van der Waals surface area contributed by atoms with Crippen LogP contribution in [0.2, 0.25) is 0 Å². The number of aliphatic hydroxyl groups excluding tert-OH is 2. The van der Waals surface area contributed by atoms with Gasteiger partial charge in [-0.2, -0.15) is 0 Å². The third-order valence-corrected chi connectivity index (χ3v) is 6.31. The molecule has 1 rings (SSSR count). The van der Waals surface area contributed by atoms with Crippen LogP contribution >= 0.6 is 0 Å². The Bertz CT molecular complexity index is 693. The number of aliphatic hydroxyl groups is 2. The lowest BCUT2D eigenvalue weighted by Gasteiger charge is -2.28. The molecule has 1 aromatic rings. The monoisotopic (exact) mass is 495 g/mol. The van der Waals surface area contributed by atoms with Crippen molar-refractivity contribution in [2.75, 3.05) is 32.8 Å². The van der Waals surface area contributed by atoms with Crippen molar-refractivity contribution < 1.29 is 25.2 Å². The van der Waals surface area contributed by atoms with Gasteiger partial charge in [-0.1, -0.05) is 86.8 Å². The zero-order valence-corrected chi connectivity index (χ0v) is 23.7. The number of unbranched alkanes of at least 4 members (excludes halogenated alkanes) is 1. The van der Waals surface area contributed by atoms with E-state index in [0.717, 1.165) is 23.2 Å². The lowest BCUT2D eigenvalue weighted by molar-refractivity contribution is -0.136. The molecule has 0 spiro atoms. The summed E-state index contributed by atoms with van der Waals surface area (Å²) in [5.41, 5.74) is 2.38. The van der Waals surface area contributed by atoms with Crippen LogP contribution < -0.4 is 0 Å². The summed E-state index contributed by atoms with van der Waals surface area (Å²) < 4.78 is 0. The van der Waals surface area contributed by atoms with Crippen molar-refractivity contribution in [3.05, 3.63) is 28.8 Å². The molecule has 1 aromatic carbocycles. The van der Waals surface area contributed by atoms with E-state index in [-0.39, 0.29) is 30.5 Å². The lowest BCUT2D eigenvalue weighted by Crippen LogP contribution is -2.34. The van der Waals surface area contributed by atoms with Gasteiger partial charge < -0.3 is 20.4 Å². The molecule has 0 radical (unpaired) electrons. The first-order valence-corrected chi connectivity index (χ1v) is 13.2. The number of phenolic OH excluding ortho intramolecular Hbond substituents is 1. The van der Waals surface area contributed by atoms with Crippen molar-refractivity contribution in [1.29, 1.82) is 0 Å². The average Bonchev–Trinajstić information content (AvgIpc) is 2.74. The van der Waals surface area contributed by atoms with Crippen LogP contribution in [0.15, 0.2) is 12.1 Å². The van der Waals surface area contributed by atoms with Crippen molar-refractivity contribution in [2.24, 2.45) is 5.92 Å². The van der Waals surface area contributed by atoms with E-state index >= 15 is 0 Å². The molecule has 0 bridgehead atoms. The Balaban J connectivity index is 0.000000691. The van der Waals surface area contributed by atoms with Gasteiger partial charge in [0.25, 0.3) is 0 Å². The summed E-state index contributed by atoms with van der Waals surface area (Å²) in [6.45, 7) is 19.5. The molecule has 6 heteroatoms. The van der Waals surface area contributed by atoms with Crippen molar-refractivity contribution in [3.8, 4) is 5.75 Å². The molecule has 35 heavy (non-hydrogen) atoms. The predicted octanol–water partition coefficient (Wildman–Crippen LogP) is 5.49. The first-order valence-electron chi connectivity index (χ1n) is 13.2. The van der Waals surface area contributed by atoms with Gasteiger partial charge in [0.2, 0.25) is 0 Å². The minimum Gasteiger partial charge on any atom is -0.507 e. The average molecular weight is 496 g/mol. The van der Waals surface area contributed by atoms with Gasteiger partial charge in [-0.3, -0.25) is 9.69 Å². The standard InChI is InChI=1S/C17H26O3.C12H27NO2/c1-16(2,3)12-9-11(7-8-14(18)19)10-13(15(12)20)17(4,5)6;1-3-5-6-12(4-2)11-13(7-9-14)8-10-15/h9-10,20H,7-8H2,1-6H3,(H,18,19);12,14-15H,3-11H2,1-2H3. The van der Waals surface area contributed by atoms with E-state index in [1.807, 2.05) is 12.1 Å². The maximum absolute atomic E-state index is 10.8. The fourth-order valence-electron chi connectivity index (χ4n) is 4.09. The number of nitrogens with zero attached hydrogens (tertiary/aromatic N) is 1. The smallest absolute Gasteiger partial charge is 0.303 e. The molecule has 1 unspecified atom stereocenters. The van der Waals surface area contributed by atoms with Crippen LogP contribution in [0, 0.1) is 5.92 Å². The number of benzene rings is 1. The summed E-state index contributed by atoms with van der Waals surface area (Å²) in [7, 11) is 0. The van der Waals surface area contributed by atoms with Gasteiger partial charge in [0, 0.05) is 26.1 Å². The third-order valence-electron chi connectivity index (χ3n) is 6.31. The summed E-state index contributed by atoms with van der Waals surface area (Å²) in [6.07, 6.45) is 5.58. The largest absolute Gasteiger partial charge is 0.507 e. The number of carbonyl (C=O) groups is 1. The number of aromatic hydroxyl groups is 1. The van der Waals surface area contributed by atoms with Crippen LogP contribution in [0.5, 0.6) is 5.75 Å². The van der Waals surface area contributed by atoms with E-state index in [9.17, 15) is 9.90 Å². The van der Waals surface area contributed by atoms with E-state index in [4.69, 9.17) is 15.3 Å². The van der Waals surface area contributed by atoms with Crippen LogP contribution in [0.3, 0.4) is 0 Å². The third kappa shape index (κ3) is 13.3. The minimum absolute atomic E-state index is 0.109. The normalized spacial score (nSPS) is 12.9. The fourth-order valence-corrected chi connectivity index (χ4v) is 4.09. The second kappa shape index (κ2) is 16.2. The number of aryl methyl sites for hydroxylation is 1. The topological polar surface area (TPSA) is 101 Å². The zero-order valence-electron chi connectivity index (χ0n) is 23.7. The highest BCUT2D eigenvalue weighted by atomic mass is 16.4. The van der Waals surface area contributed by atoms with Gasteiger partial charge in [0.05, 0.1) is 13.2 Å².